The Morgan fingerprint density at radius 1 is 1.58 bits per heavy atom. The highest BCUT2D eigenvalue weighted by atomic mass is 15.5. The normalized spacial score (nSPS) is 20.4. The molecule has 64 valence electrons. The van der Waals surface area contributed by atoms with Gasteiger partial charge >= 0.3 is 0 Å². The van der Waals surface area contributed by atoms with Crippen molar-refractivity contribution in [3.63, 3.8) is 0 Å². The average Bonchev–Trinajstić information content (AvgIpc) is 2.53. The van der Waals surface area contributed by atoms with E-state index < -0.39 is 0 Å². The highest BCUT2D eigenvalue weighted by molar-refractivity contribution is 5.57. The molecule has 1 atom stereocenters. The highest BCUT2D eigenvalue weighted by Gasteiger charge is 2.25. The van der Waals surface area contributed by atoms with Crippen LogP contribution in [0.25, 0.3) is 0 Å². The van der Waals surface area contributed by atoms with Crippen molar-refractivity contribution in [2.75, 3.05) is 5.73 Å². The third-order valence-electron chi connectivity index (χ3n) is 1.91. The van der Waals surface area contributed by atoms with Crippen LogP contribution in [0.2, 0.25) is 0 Å². The van der Waals surface area contributed by atoms with E-state index in [-0.39, 0.29) is 6.17 Å². The molecule has 0 aliphatic carbocycles. The molecule has 0 fully saturated rings. The fourth-order valence-corrected chi connectivity index (χ4v) is 1.24. The summed E-state index contributed by atoms with van der Waals surface area (Å²) in [5.74, 6) is 1.09. The second kappa shape index (κ2) is 2.30. The number of aromatic nitrogens is 2. The van der Waals surface area contributed by atoms with Crippen LogP contribution in [-0.4, -0.2) is 9.78 Å². The van der Waals surface area contributed by atoms with Crippen molar-refractivity contribution in [2.24, 2.45) is 16.1 Å². The Morgan fingerprint density at radius 3 is 3.00 bits per heavy atom. The molecule has 2 rings (SSSR count). The molecule has 1 aliphatic heterocycles. The zero-order valence-corrected chi connectivity index (χ0v) is 7.10. The second-order valence-electron chi connectivity index (χ2n) is 3.24. The van der Waals surface area contributed by atoms with Gasteiger partial charge in [-0.2, -0.15) is 10.2 Å². The Bertz CT molecular complexity index is 325. The zero-order valence-electron chi connectivity index (χ0n) is 7.10. The fraction of sp³-hybridized carbons (Fsp3) is 0.571. The van der Waals surface area contributed by atoms with E-state index in [4.69, 9.17) is 5.73 Å². The summed E-state index contributed by atoms with van der Waals surface area (Å²) in [6.45, 7) is 4.16. The largest absolute Gasteiger partial charge is 0.394 e. The quantitative estimate of drug-likeness (QED) is 0.688. The van der Waals surface area contributed by atoms with Gasteiger partial charge in [0, 0.05) is 0 Å². The van der Waals surface area contributed by atoms with Crippen LogP contribution in [-0.2, 0) is 0 Å². The molecular formula is C7H11N5. The minimum atomic E-state index is 0.0253. The van der Waals surface area contributed by atoms with Gasteiger partial charge in [0.2, 0.25) is 0 Å². The number of hydrogen-bond acceptors (Lipinski definition) is 4. The second-order valence-corrected chi connectivity index (χ2v) is 3.24. The number of rotatable bonds is 1. The fourth-order valence-electron chi connectivity index (χ4n) is 1.24. The Hall–Kier alpha value is -1.39. The number of nitrogens with zero attached hydrogens (tertiary/aromatic N) is 4. The van der Waals surface area contributed by atoms with Crippen molar-refractivity contribution in [1.82, 2.24) is 9.78 Å². The molecule has 0 saturated carbocycles. The van der Waals surface area contributed by atoms with Gasteiger partial charge in [-0.25, -0.2) is 4.68 Å². The molecule has 0 aromatic carbocycles. The van der Waals surface area contributed by atoms with Crippen molar-refractivity contribution in [3.05, 3.63) is 6.20 Å². The average molecular weight is 165 g/mol. The van der Waals surface area contributed by atoms with Crippen LogP contribution in [0.5, 0.6) is 0 Å². The Balaban J connectivity index is 2.43. The summed E-state index contributed by atoms with van der Waals surface area (Å²) in [5.41, 5.74) is 6.22. The number of hydrogen-bond donors (Lipinski definition) is 1. The van der Waals surface area contributed by atoms with Gasteiger partial charge in [0.05, 0.1) is 11.9 Å². The van der Waals surface area contributed by atoms with Crippen molar-refractivity contribution in [2.45, 2.75) is 20.0 Å². The van der Waals surface area contributed by atoms with E-state index in [0.717, 1.165) is 0 Å². The standard InChI is InChI=1S/C7H11N5/c1-4(2)6-10-11-7-5(8)3-9-12(6)7/h3-4,6H,8H2,1-2H3. The maximum Gasteiger partial charge on any atom is 0.198 e. The van der Waals surface area contributed by atoms with Gasteiger partial charge in [-0.1, -0.05) is 13.8 Å². The highest BCUT2D eigenvalue weighted by Crippen LogP contribution is 2.35. The zero-order chi connectivity index (χ0) is 8.72. The lowest BCUT2D eigenvalue weighted by molar-refractivity contribution is 0.374. The van der Waals surface area contributed by atoms with Gasteiger partial charge in [0.25, 0.3) is 0 Å². The summed E-state index contributed by atoms with van der Waals surface area (Å²) in [6.07, 6.45) is 1.64. The topological polar surface area (TPSA) is 68.6 Å². The van der Waals surface area contributed by atoms with Crippen LogP contribution in [0.1, 0.15) is 20.0 Å². The molecule has 0 spiro atoms. The Labute approximate surface area is 70.3 Å². The van der Waals surface area contributed by atoms with Crippen LogP contribution in [0.15, 0.2) is 16.4 Å². The van der Waals surface area contributed by atoms with E-state index in [1.165, 1.54) is 0 Å². The molecule has 1 aliphatic rings. The molecule has 0 amide bonds. The Kier molecular flexibility index (Phi) is 1.39. The van der Waals surface area contributed by atoms with E-state index in [0.29, 0.717) is 17.4 Å². The molecule has 5 nitrogen and oxygen atoms in total. The van der Waals surface area contributed by atoms with Gasteiger partial charge in [-0.05, 0) is 5.92 Å². The molecule has 0 saturated heterocycles. The third-order valence-corrected chi connectivity index (χ3v) is 1.91. The van der Waals surface area contributed by atoms with Gasteiger partial charge in [-0.15, -0.1) is 5.11 Å². The van der Waals surface area contributed by atoms with Gasteiger partial charge in [0.15, 0.2) is 12.0 Å². The van der Waals surface area contributed by atoms with Gasteiger partial charge in [-0.3, -0.25) is 0 Å². The number of nitrogens with two attached hydrogens (primary N) is 1. The number of anilines is 1. The van der Waals surface area contributed by atoms with E-state index >= 15 is 0 Å². The minimum Gasteiger partial charge on any atom is -0.394 e. The first-order chi connectivity index (χ1) is 5.70. The maximum atomic E-state index is 5.62. The summed E-state index contributed by atoms with van der Waals surface area (Å²) < 4.78 is 1.76. The molecule has 5 heteroatoms. The van der Waals surface area contributed by atoms with Crippen molar-refractivity contribution >= 4 is 11.5 Å². The molecule has 0 radical (unpaired) electrons. The molecule has 12 heavy (non-hydrogen) atoms. The maximum absolute atomic E-state index is 5.62. The van der Waals surface area contributed by atoms with E-state index in [9.17, 15) is 0 Å². The first-order valence-corrected chi connectivity index (χ1v) is 3.94. The van der Waals surface area contributed by atoms with Crippen molar-refractivity contribution < 1.29 is 0 Å². The van der Waals surface area contributed by atoms with Crippen LogP contribution >= 0.6 is 0 Å². The van der Waals surface area contributed by atoms with Gasteiger partial charge < -0.3 is 5.73 Å². The molecule has 1 aromatic heterocycles. The van der Waals surface area contributed by atoms with Crippen molar-refractivity contribution in [1.29, 1.82) is 0 Å². The third kappa shape index (κ3) is 0.823. The predicted molar refractivity (Wildman–Crippen MR) is 45.0 cm³/mol. The van der Waals surface area contributed by atoms with Crippen LogP contribution in [0.4, 0.5) is 11.5 Å². The summed E-state index contributed by atoms with van der Waals surface area (Å²) in [4.78, 5) is 0. The number of azo groups is 1. The van der Waals surface area contributed by atoms with Crippen molar-refractivity contribution in [3.8, 4) is 0 Å². The summed E-state index contributed by atoms with van der Waals surface area (Å²) >= 11 is 0. The van der Waals surface area contributed by atoms with E-state index in [2.05, 4.69) is 29.2 Å². The first kappa shape index (κ1) is 7.27. The lowest BCUT2D eigenvalue weighted by Crippen LogP contribution is -2.10. The molecule has 2 N–H and O–H groups in total. The van der Waals surface area contributed by atoms with E-state index in [1.54, 1.807) is 10.9 Å². The smallest absolute Gasteiger partial charge is 0.198 e. The summed E-state index contributed by atoms with van der Waals surface area (Å²) in [6, 6.07) is 0. The SMILES string of the molecule is CC(C)C1N=Nc2c(N)cnn21. The van der Waals surface area contributed by atoms with Gasteiger partial charge in [0.1, 0.15) is 0 Å². The van der Waals surface area contributed by atoms with E-state index in [1.807, 2.05) is 0 Å². The minimum absolute atomic E-state index is 0.0253. The predicted octanol–water partition coefficient (Wildman–Crippen LogP) is 1.72. The number of nitrogen functional groups attached to an aromatic ring is 1. The monoisotopic (exact) mass is 165 g/mol. The molecular weight excluding hydrogens is 154 g/mol. The van der Waals surface area contributed by atoms with Crippen LogP contribution < -0.4 is 5.73 Å². The molecule has 1 aromatic rings. The summed E-state index contributed by atoms with van der Waals surface area (Å²) in [5, 5.41) is 12.1. The molecule has 1 unspecified atom stereocenters. The first-order valence-electron chi connectivity index (χ1n) is 3.94. The lowest BCUT2D eigenvalue weighted by Gasteiger charge is -2.10. The molecule has 0 bridgehead atoms. The van der Waals surface area contributed by atoms with Crippen LogP contribution in [0.3, 0.4) is 0 Å². The Morgan fingerprint density at radius 2 is 2.33 bits per heavy atom. The molecule has 2 heterocycles. The number of fused-ring (bicyclic) bond motifs is 1. The lowest BCUT2D eigenvalue weighted by atomic mass is 10.2. The van der Waals surface area contributed by atoms with Crippen LogP contribution in [0, 0.1) is 5.92 Å². The summed E-state index contributed by atoms with van der Waals surface area (Å²) in [7, 11) is 0.